The lowest BCUT2D eigenvalue weighted by Gasteiger charge is -2.10. The first-order valence-corrected chi connectivity index (χ1v) is 6.27. The predicted octanol–water partition coefficient (Wildman–Crippen LogP) is 2.56. The Morgan fingerprint density at radius 1 is 1.22 bits per heavy atom. The zero-order valence-corrected chi connectivity index (χ0v) is 11.3. The Labute approximate surface area is 112 Å². The highest BCUT2D eigenvalue weighted by Crippen LogP contribution is 2.21. The first-order chi connectivity index (χ1) is 8.68. The van der Waals surface area contributed by atoms with E-state index >= 15 is 0 Å². The number of imidazole rings is 1. The van der Waals surface area contributed by atoms with Crippen LogP contribution < -0.4 is 5.56 Å². The molecule has 1 aromatic carbocycles. The minimum Gasteiger partial charge on any atom is -0.301 e. The van der Waals surface area contributed by atoms with Gasteiger partial charge in [-0.2, -0.15) is 0 Å². The summed E-state index contributed by atoms with van der Waals surface area (Å²) >= 11 is 3.47. The summed E-state index contributed by atoms with van der Waals surface area (Å²) in [7, 11) is 0. The minimum absolute atomic E-state index is 0.122. The van der Waals surface area contributed by atoms with Gasteiger partial charge in [0.2, 0.25) is 5.65 Å². The normalized spacial score (nSPS) is 11.0. The number of halogens is 1. The van der Waals surface area contributed by atoms with Crippen LogP contribution in [0, 0.1) is 6.92 Å². The molecule has 0 saturated heterocycles. The van der Waals surface area contributed by atoms with Crippen molar-refractivity contribution in [3.8, 4) is 5.69 Å². The largest absolute Gasteiger partial charge is 0.301 e. The van der Waals surface area contributed by atoms with Gasteiger partial charge in [0.25, 0.3) is 5.56 Å². The Hall–Kier alpha value is -1.88. The number of rotatable bonds is 1. The minimum atomic E-state index is -0.122. The van der Waals surface area contributed by atoms with E-state index in [4.69, 9.17) is 0 Å². The summed E-state index contributed by atoms with van der Waals surface area (Å²) in [5.41, 5.74) is 2.19. The number of benzene rings is 1. The van der Waals surface area contributed by atoms with Crippen LogP contribution in [0.3, 0.4) is 0 Å². The van der Waals surface area contributed by atoms with Crippen molar-refractivity contribution in [2.24, 2.45) is 0 Å². The highest BCUT2D eigenvalue weighted by Gasteiger charge is 2.08. The highest BCUT2D eigenvalue weighted by atomic mass is 79.9. The van der Waals surface area contributed by atoms with Crippen LogP contribution in [0.2, 0.25) is 0 Å². The molecule has 4 nitrogen and oxygen atoms in total. The third-order valence-electron chi connectivity index (χ3n) is 2.95. The molecule has 90 valence electrons. The molecule has 0 aliphatic rings. The van der Waals surface area contributed by atoms with E-state index in [0.717, 1.165) is 15.7 Å². The highest BCUT2D eigenvalue weighted by molar-refractivity contribution is 9.10. The van der Waals surface area contributed by atoms with Gasteiger partial charge in [-0.1, -0.05) is 22.0 Å². The summed E-state index contributed by atoms with van der Waals surface area (Å²) in [4.78, 5) is 16.4. The summed E-state index contributed by atoms with van der Waals surface area (Å²) in [6.45, 7) is 1.97. The van der Waals surface area contributed by atoms with E-state index in [1.54, 1.807) is 27.6 Å². The van der Waals surface area contributed by atoms with Crippen LogP contribution in [0.5, 0.6) is 0 Å². The van der Waals surface area contributed by atoms with Crippen LogP contribution in [0.4, 0.5) is 0 Å². The van der Waals surface area contributed by atoms with Crippen molar-refractivity contribution >= 4 is 21.6 Å². The molecule has 0 aliphatic heterocycles. The molecule has 0 atom stereocenters. The summed E-state index contributed by atoms with van der Waals surface area (Å²) < 4.78 is 4.31. The van der Waals surface area contributed by atoms with Crippen molar-refractivity contribution in [1.29, 1.82) is 0 Å². The lowest BCUT2D eigenvalue weighted by molar-refractivity contribution is 0.940. The molecule has 5 heteroatoms. The molecule has 0 unspecified atom stereocenters. The van der Waals surface area contributed by atoms with Gasteiger partial charge >= 0.3 is 0 Å². The lowest BCUT2D eigenvalue weighted by atomic mass is 10.2. The third-order valence-corrected chi connectivity index (χ3v) is 3.81. The first-order valence-electron chi connectivity index (χ1n) is 5.48. The standard InChI is InChI=1S/C13H10BrN3O/c1-9-10(14)3-2-4-11(9)17-8-7-16-6-5-15-12(16)13(17)18/h2-8H,1H3. The van der Waals surface area contributed by atoms with Crippen molar-refractivity contribution in [2.75, 3.05) is 0 Å². The van der Waals surface area contributed by atoms with Crippen molar-refractivity contribution in [1.82, 2.24) is 14.0 Å². The van der Waals surface area contributed by atoms with E-state index in [1.165, 1.54) is 0 Å². The molecule has 0 spiro atoms. The van der Waals surface area contributed by atoms with E-state index in [0.29, 0.717) is 5.65 Å². The van der Waals surface area contributed by atoms with Crippen molar-refractivity contribution in [2.45, 2.75) is 6.92 Å². The third kappa shape index (κ3) is 1.59. The maximum atomic E-state index is 12.3. The van der Waals surface area contributed by atoms with E-state index in [-0.39, 0.29) is 5.56 Å². The fourth-order valence-corrected chi connectivity index (χ4v) is 2.32. The molecule has 2 aromatic heterocycles. The molecular weight excluding hydrogens is 294 g/mol. The molecule has 0 radical (unpaired) electrons. The van der Waals surface area contributed by atoms with Gasteiger partial charge in [0.15, 0.2) is 0 Å². The van der Waals surface area contributed by atoms with E-state index in [9.17, 15) is 4.79 Å². The predicted molar refractivity (Wildman–Crippen MR) is 73.2 cm³/mol. The topological polar surface area (TPSA) is 39.3 Å². The summed E-state index contributed by atoms with van der Waals surface area (Å²) in [5, 5.41) is 0. The van der Waals surface area contributed by atoms with Crippen molar-refractivity contribution in [3.63, 3.8) is 0 Å². The molecule has 0 fully saturated rings. The molecule has 0 amide bonds. The van der Waals surface area contributed by atoms with Crippen LogP contribution in [-0.4, -0.2) is 14.0 Å². The quantitative estimate of drug-likeness (QED) is 0.693. The van der Waals surface area contributed by atoms with E-state index in [1.807, 2.05) is 31.3 Å². The fourth-order valence-electron chi connectivity index (χ4n) is 1.96. The van der Waals surface area contributed by atoms with Gasteiger partial charge in [-0.05, 0) is 24.6 Å². The Morgan fingerprint density at radius 2 is 2.06 bits per heavy atom. The Balaban J connectivity index is 2.35. The maximum absolute atomic E-state index is 12.3. The van der Waals surface area contributed by atoms with Gasteiger partial charge in [0.05, 0.1) is 5.69 Å². The Kier molecular flexibility index (Phi) is 2.56. The molecule has 0 aliphatic carbocycles. The van der Waals surface area contributed by atoms with Gasteiger partial charge in [0.1, 0.15) is 0 Å². The van der Waals surface area contributed by atoms with Gasteiger partial charge in [-0.25, -0.2) is 4.98 Å². The summed E-state index contributed by atoms with van der Waals surface area (Å²) in [6, 6.07) is 5.79. The van der Waals surface area contributed by atoms with Crippen LogP contribution in [0.1, 0.15) is 5.56 Å². The number of hydrogen-bond acceptors (Lipinski definition) is 2. The van der Waals surface area contributed by atoms with Crippen LogP contribution in [0.25, 0.3) is 11.3 Å². The smallest absolute Gasteiger partial charge is 0.298 e. The molecule has 3 aromatic rings. The zero-order valence-electron chi connectivity index (χ0n) is 9.67. The number of fused-ring (bicyclic) bond motifs is 1. The molecule has 0 bridgehead atoms. The summed E-state index contributed by atoms with van der Waals surface area (Å²) in [5.74, 6) is 0. The molecule has 3 rings (SSSR count). The molecule has 18 heavy (non-hydrogen) atoms. The monoisotopic (exact) mass is 303 g/mol. The zero-order chi connectivity index (χ0) is 12.7. The van der Waals surface area contributed by atoms with E-state index in [2.05, 4.69) is 20.9 Å². The average molecular weight is 304 g/mol. The van der Waals surface area contributed by atoms with Crippen LogP contribution >= 0.6 is 15.9 Å². The molecular formula is C13H10BrN3O. The van der Waals surface area contributed by atoms with E-state index < -0.39 is 0 Å². The number of hydrogen-bond donors (Lipinski definition) is 0. The van der Waals surface area contributed by atoms with Crippen molar-refractivity contribution in [3.05, 3.63) is 63.4 Å². The van der Waals surface area contributed by atoms with Gasteiger partial charge in [-0.15, -0.1) is 0 Å². The Morgan fingerprint density at radius 3 is 2.89 bits per heavy atom. The maximum Gasteiger partial charge on any atom is 0.298 e. The van der Waals surface area contributed by atoms with Crippen molar-refractivity contribution < 1.29 is 0 Å². The molecule has 0 N–H and O–H groups in total. The fraction of sp³-hybridized carbons (Fsp3) is 0.0769. The number of aromatic nitrogens is 3. The van der Waals surface area contributed by atoms with Gasteiger partial charge < -0.3 is 4.40 Å². The summed E-state index contributed by atoms with van der Waals surface area (Å²) in [6.07, 6.45) is 6.96. The number of nitrogens with zero attached hydrogens (tertiary/aromatic N) is 3. The second-order valence-corrected chi connectivity index (χ2v) is 4.87. The first kappa shape index (κ1) is 11.2. The SMILES string of the molecule is Cc1c(Br)cccc1-n1ccn2ccnc2c1=O. The van der Waals surface area contributed by atoms with Crippen LogP contribution in [0.15, 0.2) is 52.3 Å². The lowest BCUT2D eigenvalue weighted by Crippen LogP contribution is -2.20. The van der Waals surface area contributed by atoms with Gasteiger partial charge in [0, 0.05) is 29.3 Å². The second-order valence-electron chi connectivity index (χ2n) is 4.02. The Bertz CT molecular complexity index is 788. The second kappa shape index (κ2) is 4.10. The van der Waals surface area contributed by atoms with Gasteiger partial charge in [-0.3, -0.25) is 9.36 Å². The molecule has 2 heterocycles. The molecule has 0 saturated carbocycles. The average Bonchev–Trinajstić information content (AvgIpc) is 2.83. The van der Waals surface area contributed by atoms with Crippen LogP contribution in [-0.2, 0) is 0 Å².